The van der Waals surface area contributed by atoms with Gasteiger partial charge in [0.15, 0.2) is 5.58 Å². The molecule has 6 nitrogen and oxygen atoms in total. The van der Waals surface area contributed by atoms with Crippen molar-refractivity contribution in [2.24, 2.45) is 0 Å². The Morgan fingerprint density at radius 1 is 0.392 bits per heavy atom. The number of hydrogen-bond acceptors (Lipinski definition) is 5. The van der Waals surface area contributed by atoms with Crippen molar-refractivity contribution in [2.45, 2.75) is 25.2 Å². The summed E-state index contributed by atoms with van der Waals surface area (Å²) < 4.78 is 21.5. The highest BCUT2D eigenvalue weighted by atomic mass is 16.3. The molecule has 0 bridgehead atoms. The van der Waals surface area contributed by atoms with Gasteiger partial charge < -0.3 is 22.7 Å². The first-order chi connectivity index (χ1) is 39.0. The molecule has 6 heteroatoms. The summed E-state index contributed by atoms with van der Waals surface area (Å²) in [5.74, 6) is 0.916. The van der Waals surface area contributed by atoms with Gasteiger partial charge in [-0.1, -0.05) is 146 Å². The van der Waals surface area contributed by atoms with Crippen molar-refractivity contribution in [1.29, 1.82) is 0 Å². The zero-order chi connectivity index (χ0) is 52.1. The van der Waals surface area contributed by atoms with Crippen LogP contribution < -0.4 is 4.90 Å². The number of hydrogen-bond donors (Lipinski definition) is 0. The fraction of sp³-hybridized carbons (Fsp3) is 0.0548. The number of anilines is 3. The second-order valence-electron chi connectivity index (χ2n) is 21.1. The second-order valence-corrected chi connectivity index (χ2v) is 21.1. The Labute approximate surface area is 454 Å². The van der Waals surface area contributed by atoms with Crippen LogP contribution in [-0.2, 0) is 6.42 Å². The second kappa shape index (κ2) is 18.0. The van der Waals surface area contributed by atoms with E-state index >= 15 is 0 Å². The molecule has 2 atom stereocenters. The van der Waals surface area contributed by atoms with E-state index in [0.29, 0.717) is 5.89 Å². The lowest BCUT2D eigenvalue weighted by Gasteiger charge is -2.27. The number of benzene rings is 12. The maximum absolute atomic E-state index is 6.46. The predicted octanol–water partition coefficient (Wildman–Crippen LogP) is 20.3. The minimum absolute atomic E-state index is 0.152. The van der Waals surface area contributed by atoms with Gasteiger partial charge in [0.25, 0.3) is 0 Å². The van der Waals surface area contributed by atoms with Crippen molar-refractivity contribution < 1.29 is 13.3 Å². The van der Waals surface area contributed by atoms with Crippen molar-refractivity contribution >= 4 is 115 Å². The van der Waals surface area contributed by atoms with E-state index < -0.39 is 0 Å². The standard InChI is InChI=1S/C73H49N3O3/c1-45(63(39-46-23-34-61-59-16-6-10-20-68(59)77-71(61)40-46)51-29-38-67-64(43-51)58-15-5-9-19-66(58)76(67)52-13-3-2-4-14-52)48-28-35-56-49(41-48)24-25-50-42-54(32-36-57(50)56)75(55-33-37-62-60-17-7-11-21-69(60)78-72(62)44-55)53-30-26-47(27-31-53)73-74-65-18-8-12-22-70(65)79-73/h2-38,40-45,63H,39H2,1H3. The largest absolute Gasteiger partial charge is 0.456 e. The Balaban J connectivity index is 0.783. The van der Waals surface area contributed by atoms with Crippen LogP contribution in [0.15, 0.2) is 268 Å². The third kappa shape index (κ3) is 7.51. The van der Waals surface area contributed by atoms with Crippen LogP contribution >= 0.6 is 0 Å². The van der Waals surface area contributed by atoms with Crippen LogP contribution in [0.4, 0.5) is 17.1 Å². The molecule has 16 aromatic rings. The normalized spacial score (nSPS) is 12.8. The fourth-order valence-corrected chi connectivity index (χ4v) is 12.6. The molecule has 0 radical (unpaired) electrons. The SMILES string of the molecule is CC(c1ccc2c(ccc3cc(N(c4ccc(-c5nc6ccccc6o5)cc4)c4ccc5c(c4)oc4ccccc45)ccc32)c1)C(Cc1ccc2c(c1)oc1ccccc12)c1ccc2c(c1)c1ccccc1n2-c1ccccc1. The molecule has 0 saturated carbocycles. The Morgan fingerprint density at radius 2 is 0.962 bits per heavy atom. The van der Waals surface area contributed by atoms with Gasteiger partial charge in [-0.05, 0) is 166 Å². The third-order valence-electron chi connectivity index (χ3n) is 16.6. The highest BCUT2D eigenvalue weighted by Gasteiger charge is 2.25. The summed E-state index contributed by atoms with van der Waals surface area (Å²) in [7, 11) is 0. The van der Waals surface area contributed by atoms with Crippen LogP contribution in [0.25, 0.3) is 115 Å². The van der Waals surface area contributed by atoms with Crippen LogP contribution in [0.3, 0.4) is 0 Å². The molecule has 0 aliphatic heterocycles. The highest BCUT2D eigenvalue weighted by molar-refractivity contribution is 6.11. The average Bonchev–Trinajstić information content (AvgIpc) is 4.50. The summed E-state index contributed by atoms with van der Waals surface area (Å²) in [6.07, 6.45) is 0.842. The van der Waals surface area contributed by atoms with Gasteiger partial charge in [0.05, 0.1) is 11.0 Å². The van der Waals surface area contributed by atoms with Gasteiger partial charge in [-0.2, -0.15) is 0 Å². The Morgan fingerprint density at radius 3 is 1.72 bits per heavy atom. The smallest absolute Gasteiger partial charge is 0.227 e. The molecule has 16 rings (SSSR count). The van der Waals surface area contributed by atoms with Crippen molar-refractivity contribution in [3.8, 4) is 17.1 Å². The van der Waals surface area contributed by atoms with E-state index in [1.54, 1.807) is 0 Å². The van der Waals surface area contributed by atoms with Crippen molar-refractivity contribution in [2.75, 3.05) is 4.90 Å². The Hall–Kier alpha value is -10.2. The minimum Gasteiger partial charge on any atom is -0.456 e. The zero-order valence-electron chi connectivity index (χ0n) is 43.2. The van der Waals surface area contributed by atoms with Gasteiger partial charge in [-0.3, -0.25) is 0 Å². The molecule has 0 aliphatic carbocycles. The third-order valence-corrected chi connectivity index (χ3v) is 16.6. The van der Waals surface area contributed by atoms with Gasteiger partial charge in [-0.15, -0.1) is 0 Å². The van der Waals surface area contributed by atoms with Gasteiger partial charge in [0, 0.05) is 66.7 Å². The minimum atomic E-state index is 0.152. The van der Waals surface area contributed by atoms with Crippen LogP contribution in [0.5, 0.6) is 0 Å². The molecule has 0 amide bonds. The maximum Gasteiger partial charge on any atom is 0.227 e. The molecule has 0 fully saturated rings. The number of furan rings is 2. The van der Waals surface area contributed by atoms with Crippen LogP contribution in [0, 0.1) is 0 Å². The van der Waals surface area contributed by atoms with E-state index in [1.165, 1.54) is 54.7 Å². The van der Waals surface area contributed by atoms with E-state index in [1.807, 2.05) is 42.5 Å². The number of rotatable bonds is 10. The molecule has 2 unspecified atom stereocenters. The molecule has 12 aromatic carbocycles. The average molecular weight is 1020 g/mol. The van der Waals surface area contributed by atoms with Crippen LogP contribution in [-0.4, -0.2) is 9.55 Å². The summed E-state index contributed by atoms with van der Waals surface area (Å²) in [5, 5.41) is 11.8. The van der Waals surface area contributed by atoms with Gasteiger partial charge in [-0.25, -0.2) is 4.98 Å². The van der Waals surface area contributed by atoms with E-state index in [4.69, 9.17) is 18.2 Å². The molecular formula is C73H49N3O3. The van der Waals surface area contributed by atoms with Gasteiger partial charge in [0.1, 0.15) is 27.8 Å². The summed E-state index contributed by atoms with van der Waals surface area (Å²) in [6.45, 7) is 2.41. The monoisotopic (exact) mass is 1020 g/mol. The topological polar surface area (TPSA) is 60.5 Å². The molecule has 374 valence electrons. The van der Waals surface area contributed by atoms with E-state index in [-0.39, 0.29) is 11.8 Å². The summed E-state index contributed by atoms with van der Waals surface area (Å²) in [6, 6.07) is 91.5. The first-order valence-electron chi connectivity index (χ1n) is 27.2. The van der Waals surface area contributed by atoms with Crippen LogP contribution in [0.2, 0.25) is 0 Å². The van der Waals surface area contributed by atoms with E-state index in [0.717, 1.165) is 95.1 Å². The molecule has 4 heterocycles. The summed E-state index contributed by atoms with van der Waals surface area (Å²) in [4.78, 5) is 7.09. The number of oxazole rings is 1. The van der Waals surface area contributed by atoms with Crippen LogP contribution in [0.1, 0.15) is 35.4 Å². The van der Waals surface area contributed by atoms with Gasteiger partial charge >= 0.3 is 0 Å². The maximum atomic E-state index is 6.46. The summed E-state index contributed by atoms with van der Waals surface area (Å²) >= 11 is 0. The molecule has 0 saturated heterocycles. The van der Waals surface area contributed by atoms with Crippen molar-refractivity contribution in [1.82, 2.24) is 9.55 Å². The molecule has 0 aliphatic rings. The zero-order valence-corrected chi connectivity index (χ0v) is 43.2. The number of aromatic nitrogens is 2. The molecule has 79 heavy (non-hydrogen) atoms. The predicted molar refractivity (Wildman–Crippen MR) is 326 cm³/mol. The highest BCUT2D eigenvalue weighted by Crippen LogP contribution is 2.44. The van der Waals surface area contributed by atoms with Crippen molar-refractivity contribution in [3.63, 3.8) is 0 Å². The van der Waals surface area contributed by atoms with E-state index in [2.05, 4.69) is 229 Å². The van der Waals surface area contributed by atoms with Gasteiger partial charge in [0.2, 0.25) is 5.89 Å². The summed E-state index contributed by atoms with van der Waals surface area (Å²) in [5.41, 5.74) is 16.6. The Kier molecular flexibility index (Phi) is 10.3. The first-order valence-corrected chi connectivity index (χ1v) is 27.2. The lowest BCUT2D eigenvalue weighted by Crippen LogP contribution is -2.12. The van der Waals surface area contributed by atoms with Crippen molar-refractivity contribution in [3.05, 3.63) is 271 Å². The number of para-hydroxylation sites is 6. The quantitative estimate of drug-likeness (QED) is 0.128. The molecule has 4 aromatic heterocycles. The Bertz CT molecular complexity index is 5010. The molecule has 0 spiro atoms. The molecular weight excluding hydrogens is 967 g/mol. The lowest BCUT2D eigenvalue weighted by atomic mass is 9.78. The first kappa shape index (κ1) is 45.1. The number of nitrogens with zero attached hydrogens (tertiary/aromatic N) is 3. The molecule has 0 N–H and O–H groups in total. The lowest BCUT2D eigenvalue weighted by molar-refractivity contribution is 0.573. The fourth-order valence-electron chi connectivity index (χ4n) is 12.6. The number of fused-ring (bicyclic) bond motifs is 13. The van der Waals surface area contributed by atoms with E-state index in [9.17, 15) is 0 Å².